The Morgan fingerprint density at radius 1 is 1.75 bits per heavy atom. The molecule has 0 N–H and O–H groups in total. The Kier molecular flexibility index (Phi) is 3.10. The zero-order valence-electron chi connectivity index (χ0n) is 6.98. The van der Waals surface area contributed by atoms with Crippen LogP contribution < -0.4 is 0 Å². The van der Waals surface area contributed by atoms with Crippen molar-refractivity contribution in [2.24, 2.45) is 4.99 Å². The molecule has 1 rings (SSSR count). The van der Waals surface area contributed by atoms with Crippen LogP contribution in [0.4, 0.5) is 5.82 Å². The molecule has 0 saturated heterocycles. The highest BCUT2D eigenvalue weighted by Crippen LogP contribution is 2.18. The molecule has 0 aliphatic rings. The van der Waals surface area contributed by atoms with Crippen LogP contribution in [0.1, 0.15) is 19.6 Å². The first-order valence-corrected chi connectivity index (χ1v) is 3.99. The summed E-state index contributed by atoms with van der Waals surface area (Å²) in [7, 11) is 0. The smallest absolute Gasteiger partial charge is 0.199 e. The highest BCUT2D eigenvalue weighted by molar-refractivity contribution is 7.96. The average Bonchev–Trinajstić information content (AvgIpc) is 2.37. The van der Waals surface area contributed by atoms with Gasteiger partial charge in [0.1, 0.15) is 0 Å². The number of hydrogen-bond donors (Lipinski definition) is 1. The van der Waals surface area contributed by atoms with Crippen LogP contribution in [0, 0.1) is 0 Å². The summed E-state index contributed by atoms with van der Waals surface area (Å²) in [5.41, 5.74) is 0. The van der Waals surface area contributed by atoms with Gasteiger partial charge in [0.25, 0.3) is 0 Å². The molecule has 0 aliphatic heterocycles. The van der Waals surface area contributed by atoms with E-state index in [1.54, 1.807) is 6.92 Å². The van der Waals surface area contributed by atoms with Gasteiger partial charge in [-0.1, -0.05) is 6.08 Å². The zero-order valence-corrected chi connectivity index (χ0v) is 7.88. The summed E-state index contributed by atoms with van der Waals surface area (Å²) in [5, 5.41) is 0.662. The first-order valence-electron chi connectivity index (χ1n) is 3.54. The van der Waals surface area contributed by atoms with Gasteiger partial charge < -0.3 is 4.42 Å². The van der Waals surface area contributed by atoms with Crippen LogP contribution in [0.2, 0.25) is 0 Å². The van der Waals surface area contributed by atoms with Gasteiger partial charge in [-0.05, 0) is 19.9 Å². The predicted molar refractivity (Wildman–Crippen MR) is 53.0 cm³/mol. The van der Waals surface area contributed by atoms with Crippen LogP contribution in [-0.4, -0.2) is 10.0 Å². The molecule has 1 aromatic heterocycles. The lowest BCUT2D eigenvalue weighted by Gasteiger charge is -1.88. The predicted octanol–water partition coefficient (Wildman–Crippen LogP) is 2.69. The summed E-state index contributed by atoms with van der Waals surface area (Å²) in [4.78, 5) is 7.98. The molecule has 0 aromatic carbocycles. The van der Waals surface area contributed by atoms with Crippen LogP contribution in [0.3, 0.4) is 0 Å². The van der Waals surface area contributed by atoms with Crippen molar-refractivity contribution in [1.29, 1.82) is 0 Å². The lowest BCUT2D eigenvalue weighted by molar-refractivity contribution is 0.548. The highest BCUT2D eigenvalue weighted by Gasteiger charge is 2.01. The highest BCUT2D eigenvalue weighted by atomic mass is 32.1. The van der Waals surface area contributed by atoms with Crippen molar-refractivity contribution >= 4 is 29.6 Å². The molecule has 1 heterocycles. The molecule has 0 bridgehead atoms. The van der Waals surface area contributed by atoms with Crippen LogP contribution >= 0.6 is 12.6 Å². The van der Waals surface area contributed by atoms with Crippen LogP contribution in [0.15, 0.2) is 21.9 Å². The van der Waals surface area contributed by atoms with Gasteiger partial charge in [-0.15, -0.1) is 12.6 Å². The largest absolute Gasteiger partial charge is 0.442 e. The molecule has 3 nitrogen and oxygen atoms in total. The Balaban J connectivity index is 2.99. The third kappa shape index (κ3) is 2.23. The molecule has 4 heteroatoms. The fourth-order valence-corrected chi connectivity index (χ4v) is 0.847. The second kappa shape index (κ2) is 4.11. The number of rotatable bonds is 2. The molecular formula is C8H10N2OS. The Morgan fingerprint density at radius 2 is 2.50 bits per heavy atom. The summed E-state index contributed by atoms with van der Waals surface area (Å²) in [5.74, 6) is 1.23. The van der Waals surface area contributed by atoms with Gasteiger partial charge in [-0.25, -0.2) is 4.99 Å². The minimum atomic E-state index is 0.570. The van der Waals surface area contributed by atoms with Crippen molar-refractivity contribution < 1.29 is 4.42 Å². The van der Waals surface area contributed by atoms with E-state index in [1.807, 2.05) is 19.1 Å². The van der Waals surface area contributed by atoms with Crippen LogP contribution in [-0.2, 0) is 0 Å². The van der Waals surface area contributed by atoms with Crippen molar-refractivity contribution in [3.8, 4) is 0 Å². The van der Waals surface area contributed by atoms with Gasteiger partial charge in [0.15, 0.2) is 18.0 Å². The summed E-state index contributed by atoms with van der Waals surface area (Å²) in [6.07, 6.45) is 5.04. The lowest BCUT2D eigenvalue weighted by Crippen LogP contribution is -1.75. The minimum Gasteiger partial charge on any atom is -0.442 e. The van der Waals surface area contributed by atoms with E-state index in [0.29, 0.717) is 16.6 Å². The van der Waals surface area contributed by atoms with E-state index in [4.69, 9.17) is 4.42 Å². The first-order chi connectivity index (χ1) is 5.74. The van der Waals surface area contributed by atoms with Crippen molar-refractivity contribution in [1.82, 2.24) is 4.98 Å². The second-order valence-electron chi connectivity index (χ2n) is 2.20. The molecule has 12 heavy (non-hydrogen) atoms. The summed E-state index contributed by atoms with van der Waals surface area (Å²) >= 11 is 4.04. The molecule has 1 aromatic rings. The zero-order chi connectivity index (χ0) is 8.97. The number of nitrogens with zero attached hydrogens (tertiary/aromatic N) is 2. The van der Waals surface area contributed by atoms with Gasteiger partial charge in [0.2, 0.25) is 0 Å². The van der Waals surface area contributed by atoms with Gasteiger partial charge in [0.05, 0.1) is 5.04 Å². The standard InChI is InChI=1S/C8H10N2OS/c1-3-4-7-8(9-5-11-7)10-6(2)12/h3-5H,1-2H3,(H,10,12)/b4-3-. The van der Waals surface area contributed by atoms with E-state index >= 15 is 0 Å². The maximum atomic E-state index is 5.07. The van der Waals surface area contributed by atoms with Crippen molar-refractivity contribution in [3.05, 3.63) is 18.2 Å². The molecule has 0 unspecified atom stereocenters. The van der Waals surface area contributed by atoms with Gasteiger partial charge >= 0.3 is 0 Å². The molecule has 0 aliphatic carbocycles. The van der Waals surface area contributed by atoms with E-state index in [1.165, 1.54) is 6.39 Å². The first kappa shape index (κ1) is 9.06. The Morgan fingerprint density at radius 3 is 3.08 bits per heavy atom. The fraction of sp³-hybridized carbons (Fsp3) is 0.250. The number of oxazole rings is 1. The molecule has 0 saturated carbocycles. The molecule has 0 atom stereocenters. The Bertz CT molecular complexity index is 311. The van der Waals surface area contributed by atoms with E-state index in [9.17, 15) is 0 Å². The van der Waals surface area contributed by atoms with Gasteiger partial charge in [-0.2, -0.15) is 4.98 Å². The number of thiol groups is 1. The third-order valence-corrected chi connectivity index (χ3v) is 1.26. The summed E-state index contributed by atoms with van der Waals surface area (Å²) < 4.78 is 5.07. The second-order valence-corrected chi connectivity index (χ2v) is 2.85. The summed E-state index contributed by atoms with van der Waals surface area (Å²) in [6.45, 7) is 3.70. The van der Waals surface area contributed by atoms with Crippen molar-refractivity contribution in [3.63, 3.8) is 0 Å². The van der Waals surface area contributed by atoms with Gasteiger partial charge in [0, 0.05) is 0 Å². The maximum absolute atomic E-state index is 5.07. The van der Waals surface area contributed by atoms with E-state index in [-0.39, 0.29) is 0 Å². The number of aliphatic imine (C=N–C) groups is 1. The Hall–Kier alpha value is -1.03. The number of aromatic nitrogens is 1. The maximum Gasteiger partial charge on any atom is 0.199 e. The SMILES string of the molecule is C/C=C\c1ocnc1/N=C(\C)S. The quantitative estimate of drug-likeness (QED) is 0.434. The lowest BCUT2D eigenvalue weighted by atomic mass is 10.4. The van der Waals surface area contributed by atoms with Crippen LogP contribution in [0.25, 0.3) is 6.08 Å². The molecule has 0 radical (unpaired) electrons. The molecule has 0 fully saturated rings. The Labute approximate surface area is 76.6 Å². The minimum absolute atomic E-state index is 0.570. The van der Waals surface area contributed by atoms with E-state index in [2.05, 4.69) is 22.6 Å². The van der Waals surface area contributed by atoms with Crippen molar-refractivity contribution in [2.75, 3.05) is 0 Å². The summed E-state index contributed by atoms with van der Waals surface area (Å²) in [6, 6.07) is 0. The average molecular weight is 182 g/mol. The normalized spacial score (nSPS) is 12.8. The van der Waals surface area contributed by atoms with E-state index < -0.39 is 0 Å². The molecular weight excluding hydrogens is 172 g/mol. The fourth-order valence-electron chi connectivity index (χ4n) is 0.752. The molecule has 0 spiro atoms. The third-order valence-electron chi connectivity index (χ3n) is 1.16. The van der Waals surface area contributed by atoms with E-state index in [0.717, 1.165) is 0 Å². The molecule has 64 valence electrons. The van der Waals surface area contributed by atoms with Crippen molar-refractivity contribution in [2.45, 2.75) is 13.8 Å². The van der Waals surface area contributed by atoms with Crippen LogP contribution in [0.5, 0.6) is 0 Å². The number of allylic oxidation sites excluding steroid dienone is 1. The monoisotopic (exact) mass is 182 g/mol. The number of hydrogen-bond acceptors (Lipinski definition) is 3. The molecule has 0 amide bonds. The van der Waals surface area contributed by atoms with Gasteiger partial charge in [-0.3, -0.25) is 0 Å². The topological polar surface area (TPSA) is 38.4 Å².